The van der Waals surface area contributed by atoms with Crippen molar-refractivity contribution in [2.45, 2.75) is 56.9 Å². The van der Waals surface area contributed by atoms with Crippen molar-refractivity contribution in [3.8, 4) is 0 Å². The first-order valence-electron chi connectivity index (χ1n) is 9.66. The number of Topliss-reactive ketones (excluding diaryl/α,β-unsaturated/α-hetero) is 1. The fourth-order valence-corrected chi connectivity index (χ4v) is 5.74. The lowest BCUT2D eigenvalue weighted by Gasteiger charge is -2.40. The number of carbonyl (C=O) groups is 1. The molecule has 0 aromatic carbocycles. The molecule has 0 bridgehead atoms. The molecule has 2 aliphatic rings. The van der Waals surface area contributed by atoms with Gasteiger partial charge in [-0.3, -0.25) is 9.59 Å². The van der Waals surface area contributed by atoms with Crippen molar-refractivity contribution >= 4 is 34.7 Å². The standard InChI is InChI=1S/C21H25N3O2S2/c1-5-11(2)28-20-23-18-17(19(26)24-20)16(14-7-6-8-27-14)15-12(22-18)9-21(3,4)10-13(15)25/h6-9,11,15-16H,5,10H2,1-4H3,(H2,22,23,24,26)/t11-,15-,16-/m0/s1. The molecule has 1 aliphatic heterocycles. The molecule has 0 spiro atoms. The summed E-state index contributed by atoms with van der Waals surface area (Å²) in [4.78, 5) is 34.9. The van der Waals surface area contributed by atoms with Crippen LogP contribution in [-0.2, 0) is 4.79 Å². The number of hydrogen-bond donors (Lipinski definition) is 2. The number of nitrogens with zero attached hydrogens (tertiary/aromatic N) is 1. The van der Waals surface area contributed by atoms with Gasteiger partial charge >= 0.3 is 0 Å². The molecule has 1 aliphatic carbocycles. The summed E-state index contributed by atoms with van der Waals surface area (Å²) < 4.78 is 0. The molecule has 0 saturated carbocycles. The highest BCUT2D eigenvalue weighted by atomic mass is 32.2. The van der Waals surface area contributed by atoms with E-state index in [0.29, 0.717) is 28.2 Å². The SMILES string of the molecule is CC[C@H](C)Sc1nc2c(c(=O)[nH]1)[C@@H](c1cccs1)[C@@H]1C(=O)CC(C)(C)C=C1N2. The molecule has 148 valence electrons. The number of fused-ring (bicyclic) bond motifs is 2. The van der Waals surface area contributed by atoms with Gasteiger partial charge in [0.25, 0.3) is 5.56 Å². The van der Waals surface area contributed by atoms with E-state index >= 15 is 0 Å². The number of rotatable bonds is 4. The second-order valence-corrected chi connectivity index (χ2v) is 10.7. The molecule has 3 heterocycles. The molecule has 0 saturated heterocycles. The topological polar surface area (TPSA) is 74.8 Å². The molecule has 28 heavy (non-hydrogen) atoms. The molecule has 0 unspecified atom stereocenters. The Bertz CT molecular complexity index is 992. The van der Waals surface area contributed by atoms with Crippen LogP contribution < -0.4 is 10.9 Å². The average Bonchev–Trinajstić information content (AvgIpc) is 3.12. The fourth-order valence-electron chi connectivity index (χ4n) is 4.03. The van der Waals surface area contributed by atoms with Crippen molar-refractivity contribution in [2.24, 2.45) is 11.3 Å². The van der Waals surface area contributed by atoms with Gasteiger partial charge in [0, 0.05) is 28.2 Å². The summed E-state index contributed by atoms with van der Waals surface area (Å²) in [6.45, 7) is 8.37. The van der Waals surface area contributed by atoms with Gasteiger partial charge in [-0.1, -0.05) is 51.6 Å². The van der Waals surface area contributed by atoms with Crippen molar-refractivity contribution < 1.29 is 4.79 Å². The highest BCUT2D eigenvalue weighted by Crippen LogP contribution is 2.48. The Morgan fingerprint density at radius 3 is 2.82 bits per heavy atom. The predicted octanol–water partition coefficient (Wildman–Crippen LogP) is 4.78. The van der Waals surface area contributed by atoms with Crippen LogP contribution >= 0.6 is 23.1 Å². The number of thioether (sulfide) groups is 1. The number of hydrogen-bond acceptors (Lipinski definition) is 6. The van der Waals surface area contributed by atoms with E-state index in [1.165, 1.54) is 0 Å². The second-order valence-electron chi connectivity index (χ2n) is 8.30. The smallest absolute Gasteiger partial charge is 0.257 e. The predicted molar refractivity (Wildman–Crippen MR) is 115 cm³/mol. The molecule has 3 atom stereocenters. The van der Waals surface area contributed by atoms with Crippen LogP contribution in [0, 0.1) is 11.3 Å². The van der Waals surface area contributed by atoms with Crippen LogP contribution in [0.25, 0.3) is 0 Å². The van der Waals surface area contributed by atoms with E-state index < -0.39 is 0 Å². The average molecular weight is 416 g/mol. The number of aromatic nitrogens is 2. The minimum Gasteiger partial charge on any atom is -0.343 e. The third-order valence-electron chi connectivity index (χ3n) is 5.44. The molecular formula is C21H25N3O2S2. The van der Waals surface area contributed by atoms with E-state index in [1.807, 2.05) is 17.5 Å². The Morgan fingerprint density at radius 2 is 2.14 bits per heavy atom. The van der Waals surface area contributed by atoms with Crippen molar-refractivity contribution in [1.29, 1.82) is 0 Å². The fraction of sp³-hybridized carbons (Fsp3) is 0.476. The summed E-state index contributed by atoms with van der Waals surface area (Å²) in [5.74, 6) is 0.123. The van der Waals surface area contributed by atoms with Crippen molar-refractivity contribution in [1.82, 2.24) is 9.97 Å². The lowest BCUT2D eigenvalue weighted by Crippen LogP contribution is -2.41. The molecule has 0 radical (unpaired) electrons. The first kappa shape index (κ1) is 19.5. The highest BCUT2D eigenvalue weighted by molar-refractivity contribution is 7.99. The normalized spacial score (nSPS) is 24.0. The van der Waals surface area contributed by atoms with Crippen LogP contribution in [0.5, 0.6) is 0 Å². The minimum absolute atomic E-state index is 0.154. The van der Waals surface area contributed by atoms with Crippen LogP contribution in [0.3, 0.4) is 0 Å². The van der Waals surface area contributed by atoms with Crippen molar-refractivity contribution in [2.75, 3.05) is 5.32 Å². The van der Waals surface area contributed by atoms with Gasteiger partial charge in [0.1, 0.15) is 11.6 Å². The van der Waals surface area contributed by atoms with E-state index in [4.69, 9.17) is 4.98 Å². The lowest BCUT2D eigenvalue weighted by atomic mass is 9.68. The zero-order valence-electron chi connectivity index (χ0n) is 16.5. The summed E-state index contributed by atoms with van der Waals surface area (Å²) in [5, 5.41) is 6.32. The maximum Gasteiger partial charge on any atom is 0.257 e. The zero-order chi connectivity index (χ0) is 20.1. The van der Waals surface area contributed by atoms with Gasteiger partial charge < -0.3 is 10.3 Å². The first-order valence-corrected chi connectivity index (χ1v) is 11.4. The molecule has 2 aromatic rings. The van der Waals surface area contributed by atoms with E-state index in [0.717, 1.165) is 17.0 Å². The molecule has 2 N–H and O–H groups in total. The second kappa shape index (κ2) is 7.19. The molecule has 2 aromatic heterocycles. The molecule has 4 rings (SSSR count). The Labute approximate surface area is 173 Å². The summed E-state index contributed by atoms with van der Waals surface area (Å²) in [6.07, 6.45) is 3.62. The van der Waals surface area contributed by atoms with E-state index in [9.17, 15) is 9.59 Å². The largest absolute Gasteiger partial charge is 0.343 e. The number of thiophene rings is 1. The van der Waals surface area contributed by atoms with Gasteiger partial charge in [0.2, 0.25) is 0 Å². The van der Waals surface area contributed by atoms with Crippen LogP contribution in [0.15, 0.2) is 39.2 Å². The molecule has 0 fully saturated rings. The molecular weight excluding hydrogens is 390 g/mol. The summed E-state index contributed by atoms with van der Waals surface area (Å²) in [7, 11) is 0. The van der Waals surface area contributed by atoms with E-state index in [2.05, 4.69) is 44.1 Å². The number of H-pyrrole nitrogens is 1. The number of carbonyl (C=O) groups excluding carboxylic acids is 1. The van der Waals surface area contributed by atoms with Gasteiger partial charge in [0.05, 0.1) is 11.5 Å². The van der Waals surface area contributed by atoms with Gasteiger partial charge in [-0.05, 0) is 23.3 Å². The Balaban J connectivity index is 1.89. The number of nitrogens with one attached hydrogen (secondary N) is 2. The lowest BCUT2D eigenvalue weighted by molar-refractivity contribution is -0.124. The van der Waals surface area contributed by atoms with Crippen molar-refractivity contribution in [3.63, 3.8) is 0 Å². The number of ketones is 1. The monoisotopic (exact) mass is 415 g/mol. The van der Waals surface area contributed by atoms with Gasteiger partial charge in [-0.2, -0.15) is 0 Å². The molecule has 0 amide bonds. The van der Waals surface area contributed by atoms with Gasteiger partial charge in [0.15, 0.2) is 5.16 Å². The Morgan fingerprint density at radius 1 is 1.36 bits per heavy atom. The van der Waals surface area contributed by atoms with E-state index in [-0.39, 0.29) is 28.6 Å². The summed E-state index contributed by atoms with van der Waals surface area (Å²) in [6, 6.07) is 3.98. The Kier molecular flexibility index (Phi) is 5.00. The van der Waals surface area contributed by atoms with Crippen LogP contribution in [0.2, 0.25) is 0 Å². The number of aromatic amines is 1. The maximum atomic E-state index is 13.1. The minimum atomic E-state index is -0.352. The number of allylic oxidation sites excluding steroid dienone is 2. The highest BCUT2D eigenvalue weighted by Gasteiger charge is 2.45. The zero-order valence-corrected chi connectivity index (χ0v) is 18.2. The molecule has 5 nitrogen and oxygen atoms in total. The summed E-state index contributed by atoms with van der Waals surface area (Å²) in [5.41, 5.74) is 1.09. The van der Waals surface area contributed by atoms with Crippen molar-refractivity contribution in [3.05, 3.63) is 50.1 Å². The van der Waals surface area contributed by atoms with Gasteiger partial charge in [-0.15, -0.1) is 11.3 Å². The van der Waals surface area contributed by atoms with Gasteiger partial charge in [-0.25, -0.2) is 4.98 Å². The maximum absolute atomic E-state index is 13.1. The van der Waals surface area contributed by atoms with Crippen LogP contribution in [0.1, 0.15) is 56.9 Å². The number of anilines is 1. The van der Waals surface area contributed by atoms with E-state index in [1.54, 1.807) is 23.1 Å². The third-order valence-corrected chi connectivity index (χ3v) is 7.54. The Hall–Kier alpha value is -1.86. The first-order chi connectivity index (χ1) is 13.3. The summed E-state index contributed by atoms with van der Waals surface area (Å²) >= 11 is 3.15. The van der Waals surface area contributed by atoms with Crippen LogP contribution in [-0.4, -0.2) is 21.0 Å². The quantitative estimate of drug-likeness (QED) is 0.555. The molecule has 7 heteroatoms. The van der Waals surface area contributed by atoms with Crippen LogP contribution in [0.4, 0.5) is 5.82 Å². The third kappa shape index (κ3) is 3.46.